The van der Waals surface area contributed by atoms with Gasteiger partial charge in [-0.3, -0.25) is 9.36 Å². The Bertz CT molecular complexity index is 1010. The molecule has 10 heteroatoms. The summed E-state index contributed by atoms with van der Waals surface area (Å²) >= 11 is 0. The minimum absolute atomic E-state index is 0.0453. The van der Waals surface area contributed by atoms with Crippen molar-refractivity contribution in [1.82, 2.24) is 29.8 Å². The van der Waals surface area contributed by atoms with E-state index in [9.17, 15) is 14.3 Å². The first kappa shape index (κ1) is 20.6. The molecule has 3 aromatic heterocycles. The Hall–Kier alpha value is -3.14. The van der Waals surface area contributed by atoms with Crippen LogP contribution in [0.1, 0.15) is 38.1 Å². The first-order valence-corrected chi connectivity index (χ1v) is 9.21. The Balaban J connectivity index is 1.91. The molecule has 1 amide bonds. The minimum atomic E-state index is -1.60. The lowest BCUT2D eigenvalue weighted by molar-refractivity contribution is -0.00177. The predicted octanol–water partition coefficient (Wildman–Crippen LogP) is 1.87. The van der Waals surface area contributed by atoms with E-state index in [2.05, 4.69) is 30.6 Å². The van der Waals surface area contributed by atoms with Crippen LogP contribution in [0.25, 0.3) is 17.0 Å². The Labute approximate surface area is 167 Å². The van der Waals surface area contributed by atoms with Gasteiger partial charge in [-0.25, -0.2) is 24.3 Å². The fourth-order valence-electron chi connectivity index (χ4n) is 2.65. The van der Waals surface area contributed by atoms with Crippen molar-refractivity contribution in [2.24, 2.45) is 0 Å². The molecule has 3 heterocycles. The van der Waals surface area contributed by atoms with E-state index >= 15 is 0 Å². The second-order valence-corrected chi connectivity index (χ2v) is 7.56. The molecule has 0 saturated heterocycles. The molecule has 0 aliphatic carbocycles. The molecular weight excluding hydrogens is 377 g/mol. The topological polar surface area (TPSA) is 118 Å². The van der Waals surface area contributed by atoms with Crippen molar-refractivity contribution in [2.45, 2.75) is 45.5 Å². The van der Waals surface area contributed by atoms with Gasteiger partial charge in [0.2, 0.25) is 0 Å². The number of carbonyl (C=O) groups is 1. The molecule has 3 aromatic rings. The molecule has 3 rings (SSSR count). The Morgan fingerprint density at radius 3 is 2.72 bits per heavy atom. The first-order chi connectivity index (χ1) is 13.7. The van der Waals surface area contributed by atoms with Gasteiger partial charge in [-0.2, -0.15) is 0 Å². The van der Waals surface area contributed by atoms with E-state index in [4.69, 9.17) is 0 Å². The van der Waals surface area contributed by atoms with E-state index in [0.29, 0.717) is 22.7 Å². The fraction of sp³-hybridized carbons (Fsp3) is 0.421. The molecule has 0 radical (unpaired) electrons. The van der Waals surface area contributed by atoms with Crippen LogP contribution in [0.3, 0.4) is 0 Å². The summed E-state index contributed by atoms with van der Waals surface area (Å²) in [6.07, 6.45) is 4.42. The van der Waals surface area contributed by atoms with Gasteiger partial charge < -0.3 is 15.7 Å². The lowest BCUT2D eigenvalue weighted by Crippen LogP contribution is -2.42. The van der Waals surface area contributed by atoms with Crippen LogP contribution in [-0.4, -0.2) is 59.9 Å². The number of carbonyl (C=O) groups excluding carboxylic acids is 1. The SMILES string of the molecule is CC(C)Nc1cc(-n2cnc3cncnc32)ncc1C(=O)NCC(F)C(C)(C)O. The molecule has 1 unspecified atom stereocenters. The van der Waals surface area contributed by atoms with Gasteiger partial charge in [-0.05, 0) is 27.7 Å². The highest BCUT2D eigenvalue weighted by Gasteiger charge is 2.27. The van der Waals surface area contributed by atoms with Crippen LogP contribution in [0.4, 0.5) is 10.1 Å². The summed E-state index contributed by atoms with van der Waals surface area (Å²) in [6.45, 7) is 6.27. The molecule has 0 aliphatic heterocycles. The quantitative estimate of drug-likeness (QED) is 0.553. The van der Waals surface area contributed by atoms with Crippen LogP contribution in [0, 0.1) is 0 Å². The molecule has 0 saturated carbocycles. The summed E-state index contributed by atoms with van der Waals surface area (Å²) in [7, 11) is 0. The zero-order valence-corrected chi connectivity index (χ0v) is 16.7. The van der Waals surface area contributed by atoms with Crippen LogP contribution in [0.2, 0.25) is 0 Å². The van der Waals surface area contributed by atoms with Crippen molar-refractivity contribution in [3.8, 4) is 5.82 Å². The second-order valence-electron chi connectivity index (χ2n) is 7.56. The normalized spacial score (nSPS) is 12.9. The lowest BCUT2D eigenvalue weighted by atomic mass is 10.0. The van der Waals surface area contributed by atoms with Crippen molar-refractivity contribution >= 4 is 22.8 Å². The number of anilines is 1. The number of imidazole rings is 1. The van der Waals surface area contributed by atoms with E-state index in [1.807, 2.05) is 13.8 Å². The number of pyridine rings is 1. The maximum Gasteiger partial charge on any atom is 0.255 e. The molecule has 0 aromatic carbocycles. The van der Waals surface area contributed by atoms with Crippen LogP contribution in [-0.2, 0) is 0 Å². The van der Waals surface area contributed by atoms with Crippen LogP contribution in [0.15, 0.2) is 31.1 Å². The lowest BCUT2D eigenvalue weighted by Gasteiger charge is -2.23. The number of nitrogens with zero attached hydrogens (tertiary/aromatic N) is 5. The summed E-state index contributed by atoms with van der Waals surface area (Å²) in [4.78, 5) is 29.4. The molecule has 154 valence electrons. The summed E-state index contributed by atoms with van der Waals surface area (Å²) in [5.74, 6) is 0.0303. The van der Waals surface area contributed by atoms with Gasteiger partial charge in [-0.1, -0.05) is 0 Å². The number of halogens is 1. The van der Waals surface area contributed by atoms with Crippen molar-refractivity contribution in [3.63, 3.8) is 0 Å². The Morgan fingerprint density at radius 1 is 1.28 bits per heavy atom. The Morgan fingerprint density at radius 2 is 2.03 bits per heavy atom. The van der Waals surface area contributed by atoms with Gasteiger partial charge in [0, 0.05) is 18.3 Å². The monoisotopic (exact) mass is 401 g/mol. The second kappa shape index (κ2) is 8.08. The van der Waals surface area contributed by atoms with Gasteiger partial charge in [0.25, 0.3) is 5.91 Å². The molecular formula is C19H24FN7O2. The number of alkyl halides is 1. The summed E-state index contributed by atoms with van der Waals surface area (Å²) in [5, 5.41) is 15.4. The van der Waals surface area contributed by atoms with Gasteiger partial charge in [0.05, 0.1) is 29.6 Å². The molecule has 0 fully saturated rings. The summed E-state index contributed by atoms with van der Waals surface area (Å²) in [5.41, 5.74) is 0.473. The first-order valence-electron chi connectivity index (χ1n) is 9.21. The highest BCUT2D eigenvalue weighted by atomic mass is 19.1. The molecule has 0 spiro atoms. The van der Waals surface area contributed by atoms with Crippen molar-refractivity contribution in [2.75, 3.05) is 11.9 Å². The van der Waals surface area contributed by atoms with Crippen molar-refractivity contribution < 1.29 is 14.3 Å². The third kappa shape index (κ3) is 4.65. The largest absolute Gasteiger partial charge is 0.387 e. The predicted molar refractivity (Wildman–Crippen MR) is 107 cm³/mol. The number of rotatable bonds is 7. The maximum atomic E-state index is 14.0. The average Bonchev–Trinajstić information content (AvgIpc) is 3.08. The molecule has 0 bridgehead atoms. The van der Waals surface area contributed by atoms with Crippen LogP contribution >= 0.6 is 0 Å². The number of fused-ring (bicyclic) bond motifs is 1. The average molecular weight is 401 g/mol. The number of aromatic nitrogens is 5. The van der Waals surface area contributed by atoms with Gasteiger partial charge in [0.15, 0.2) is 5.65 Å². The molecule has 9 nitrogen and oxygen atoms in total. The van der Waals surface area contributed by atoms with Crippen molar-refractivity contribution in [1.29, 1.82) is 0 Å². The number of aliphatic hydroxyl groups is 1. The maximum absolute atomic E-state index is 14.0. The van der Waals surface area contributed by atoms with Crippen LogP contribution < -0.4 is 10.6 Å². The molecule has 29 heavy (non-hydrogen) atoms. The van der Waals surface area contributed by atoms with Gasteiger partial charge in [0.1, 0.15) is 30.2 Å². The molecule has 1 atom stereocenters. The molecule has 0 aliphatic rings. The van der Waals surface area contributed by atoms with Gasteiger partial charge >= 0.3 is 0 Å². The smallest absolute Gasteiger partial charge is 0.255 e. The fourth-order valence-corrected chi connectivity index (χ4v) is 2.65. The number of hydrogen-bond donors (Lipinski definition) is 3. The third-order valence-corrected chi connectivity index (χ3v) is 4.25. The van der Waals surface area contributed by atoms with E-state index in [1.165, 1.54) is 26.4 Å². The summed E-state index contributed by atoms with van der Waals surface area (Å²) in [6, 6.07) is 1.75. The third-order valence-electron chi connectivity index (χ3n) is 4.25. The highest BCUT2D eigenvalue weighted by molar-refractivity contribution is 5.99. The van der Waals surface area contributed by atoms with E-state index < -0.39 is 17.7 Å². The van der Waals surface area contributed by atoms with E-state index in [1.54, 1.807) is 23.2 Å². The van der Waals surface area contributed by atoms with Crippen molar-refractivity contribution in [3.05, 3.63) is 36.7 Å². The van der Waals surface area contributed by atoms with Gasteiger partial charge in [-0.15, -0.1) is 0 Å². The highest BCUT2D eigenvalue weighted by Crippen LogP contribution is 2.22. The standard InChI is InChI=1S/C19H24FN7O2/c1-11(2)26-13-5-16(27-10-25-14-7-21-9-24-17(14)27)22-6-12(13)18(28)23-8-15(20)19(3,4)29/h5-7,9-11,15,29H,8H2,1-4H3,(H,22,26)(H,23,28). The van der Waals surface area contributed by atoms with E-state index in [-0.39, 0.29) is 18.2 Å². The minimum Gasteiger partial charge on any atom is -0.387 e. The summed E-state index contributed by atoms with van der Waals surface area (Å²) < 4.78 is 15.7. The van der Waals surface area contributed by atoms with E-state index in [0.717, 1.165) is 0 Å². The van der Waals surface area contributed by atoms with Crippen LogP contribution in [0.5, 0.6) is 0 Å². The number of hydrogen-bond acceptors (Lipinski definition) is 7. The number of amides is 1. The zero-order chi connectivity index (χ0) is 21.2. The zero-order valence-electron chi connectivity index (χ0n) is 16.7. The number of nitrogens with one attached hydrogen (secondary N) is 2. The Kier molecular flexibility index (Phi) is 5.73. The molecule has 3 N–H and O–H groups in total.